The monoisotopic (exact) mass is 256 g/mol. The fourth-order valence-corrected chi connectivity index (χ4v) is 1.96. The van der Waals surface area contributed by atoms with Crippen molar-refractivity contribution in [2.24, 2.45) is 0 Å². The summed E-state index contributed by atoms with van der Waals surface area (Å²) in [5.74, 6) is -0.146. The topological polar surface area (TPSA) is 58.6 Å². The number of carbonyl (C=O) groups is 2. The Morgan fingerprint density at radius 1 is 1.44 bits per heavy atom. The van der Waals surface area contributed by atoms with Crippen LogP contribution in [0.25, 0.3) is 0 Å². The maximum absolute atomic E-state index is 11.7. The predicted octanol–water partition coefficient (Wildman–Crippen LogP) is 0.930. The third kappa shape index (κ3) is 5.49. The van der Waals surface area contributed by atoms with E-state index in [4.69, 9.17) is 4.74 Å². The number of unbranched alkanes of at least 4 members (excludes halogenated alkanes) is 1. The molecule has 1 heterocycles. The molecule has 104 valence electrons. The maximum atomic E-state index is 11.7. The van der Waals surface area contributed by atoms with Crippen molar-refractivity contribution in [2.45, 2.75) is 45.6 Å². The zero-order chi connectivity index (χ0) is 13.4. The maximum Gasteiger partial charge on any atom is 0.239 e. The van der Waals surface area contributed by atoms with Crippen molar-refractivity contribution in [3.05, 3.63) is 0 Å². The van der Waals surface area contributed by atoms with Crippen LogP contribution < -0.4 is 5.32 Å². The summed E-state index contributed by atoms with van der Waals surface area (Å²) in [6.07, 6.45) is 4.17. The van der Waals surface area contributed by atoms with Gasteiger partial charge >= 0.3 is 0 Å². The Kier molecular flexibility index (Phi) is 6.72. The zero-order valence-corrected chi connectivity index (χ0v) is 11.4. The molecule has 18 heavy (non-hydrogen) atoms. The van der Waals surface area contributed by atoms with E-state index in [2.05, 4.69) is 12.2 Å². The van der Waals surface area contributed by atoms with Gasteiger partial charge in [-0.05, 0) is 19.3 Å². The van der Waals surface area contributed by atoms with Crippen molar-refractivity contribution in [3.63, 3.8) is 0 Å². The Balaban J connectivity index is 2.24. The van der Waals surface area contributed by atoms with Crippen LogP contribution in [0.1, 0.15) is 39.5 Å². The molecule has 0 saturated carbocycles. The minimum Gasteiger partial charge on any atom is -0.376 e. The number of nitrogens with zero attached hydrogens (tertiary/aromatic N) is 1. The number of hydrogen-bond donors (Lipinski definition) is 1. The van der Waals surface area contributed by atoms with E-state index in [1.807, 2.05) is 0 Å². The van der Waals surface area contributed by atoms with Crippen LogP contribution in [0.2, 0.25) is 0 Å². The van der Waals surface area contributed by atoms with Crippen LogP contribution in [0.5, 0.6) is 0 Å². The first-order chi connectivity index (χ1) is 8.63. The molecule has 2 amide bonds. The van der Waals surface area contributed by atoms with Crippen molar-refractivity contribution in [1.29, 1.82) is 0 Å². The minimum absolute atomic E-state index is 0.0456. The zero-order valence-electron chi connectivity index (χ0n) is 11.4. The second-order valence-electron chi connectivity index (χ2n) is 4.73. The van der Waals surface area contributed by atoms with Gasteiger partial charge in [-0.1, -0.05) is 13.3 Å². The molecular weight excluding hydrogens is 232 g/mol. The first-order valence-corrected chi connectivity index (χ1v) is 6.77. The van der Waals surface area contributed by atoms with Gasteiger partial charge in [0.15, 0.2) is 0 Å². The van der Waals surface area contributed by atoms with Gasteiger partial charge in [0, 0.05) is 26.6 Å². The highest BCUT2D eigenvalue weighted by atomic mass is 16.5. The summed E-state index contributed by atoms with van der Waals surface area (Å²) in [6.45, 7) is 5.72. The summed E-state index contributed by atoms with van der Waals surface area (Å²) < 4.78 is 5.43. The van der Waals surface area contributed by atoms with E-state index in [1.54, 1.807) is 4.90 Å². The SMILES string of the molecule is CCCCN(CC(=O)NCC1CCCO1)C(C)=O. The second-order valence-corrected chi connectivity index (χ2v) is 4.73. The average Bonchev–Trinajstić information content (AvgIpc) is 2.84. The highest BCUT2D eigenvalue weighted by Crippen LogP contribution is 2.10. The molecule has 0 spiro atoms. The lowest BCUT2D eigenvalue weighted by Crippen LogP contribution is -2.42. The molecule has 5 heteroatoms. The van der Waals surface area contributed by atoms with Crippen LogP contribution in [-0.4, -0.2) is 49.1 Å². The van der Waals surface area contributed by atoms with Crippen LogP contribution >= 0.6 is 0 Å². The van der Waals surface area contributed by atoms with Crippen molar-refractivity contribution in [2.75, 3.05) is 26.2 Å². The third-order valence-electron chi connectivity index (χ3n) is 3.11. The molecule has 0 aliphatic carbocycles. The molecule has 0 aromatic rings. The summed E-state index contributed by atoms with van der Waals surface area (Å²) in [6, 6.07) is 0. The Hall–Kier alpha value is -1.10. The van der Waals surface area contributed by atoms with Crippen LogP contribution in [0.15, 0.2) is 0 Å². The molecule has 1 aliphatic rings. The smallest absolute Gasteiger partial charge is 0.239 e. The molecule has 0 aromatic heterocycles. The number of nitrogens with one attached hydrogen (secondary N) is 1. The van der Waals surface area contributed by atoms with Gasteiger partial charge in [-0.15, -0.1) is 0 Å². The van der Waals surface area contributed by atoms with Crippen molar-refractivity contribution in [1.82, 2.24) is 10.2 Å². The van der Waals surface area contributed by atoms with Crippen molar-refractivity contribution < 1.29 is 14.3 Å². The lowest BCUT2D eigenvalue weighted by atomic mass is 10.2. The van der Waals surface area contributed by atoms with Gasteiger partial charge in [0.25, 0.3) is 0 Å². The number of rotatable bonds is 7. The highest BCUT2D eigenvalue weighted by Gasteiger charge is 2.17. The van der Waals surface area contributed by atoms with Gasteiger partial charge in [-0.3, -0.25) is 9.59 Å². The van der Waals surface area contributed by atoms with E-state index in [0.29, 0.717) is 13.1 Å². The predicted molar refractivity (Wildman–Crippen MR) is 69.1 cm³/mol. The van der Waals surface area contributed by atoms with Gasteiger partial charge < -0.3 is 15.0 Å². The Labute approximate surface area is 109 Å². The van der Waals surface area contributed by atoms with E-state index < -0.39 is 0 Å². The number of carbonyl (C=O) groups excluding carboxylic acids is 2. The molecule has 1 saturated heterocycles. The number of amides is 2. The van der Waals surface area contributed by atoms with Gasteiger partial charge in [-0.25, -0.2) is 0 Å². The second kappa shape index (κ2) is 8.08. The molecule has 1 fully saturated rings. The summed E-state index contributed by atoms with van der Waals surface area (Å²) in [5.41, 5.74) is 0. The lowest BCUT2D eigenvalue weighted by molar-refractivity contribution is -0.134. The van der Waals surface area contributed by atoms with E-state index in [0.717, 1.165) is 32.3 Å². The standard InChI is InChI=1S/C13H24N2O3/c1-3-4-7-15(11(2)16)10-13(17)14-9-12-6-5-8-18-12/h12H,3-10H2,1-2H3,(H,14,17). The van der Waals surface area contributed by atoms with E-state index >= 15 is 0 Å². The fraction of sp³-hybridized carbons (Fsp3) is 0.846. The minimum atomic E-state index is -0.100. The third-order valence-corrected chi connectivity index (χ3v) is 3.11. The van der Waals surface area contributed by atoms with Gasteiger partial charge in [0.1, 0.15) is 0 Å². The number of ether oxygens (including phenoxy) is 1. The average molecular weight is 256 g/mol. The molecule has 0 radical (unpaired) electrons. The molecule has 1 atom stereocenters. The molecule has 5 nitrogen and oxygen atoms in total. The van der Waals surface area contributed by atoms with Crippen molar-refractivity contribution >= 4 is 11.8 Å². The molecule has 1 rings (SSSR count). The van der Waals surface area contributed by atoms with Gasteiger partial charge in [0.2, 0.25) is 11.8 Å². The van der Waals surface area contributed by atoms with Gasteiger partial charge in [0.05, 0.1) is 12.6 Å². The molecule has 0 aromatic carbocycles. The summed E-state index contributed by atoms with van der Waals surface area (Å²) in [5, 5.41) is 2.83. The Bertz CT molecular complexity index is 275. The largest absolute Gasteiger partial charge is 0.376 e. The van der Waals surface area contributed by atoms with Crippen molar-refractivity contribution in [3.8, 4) is 0 Å². The molecule has 1 unspecified atom stereocenters. The van der Waals surface area contributed by atoms with Crippen LogP contribution in [0.3, 0.4) is 0 Å². The number of hydrogen-bond acceptors (Lipinski definition) is 3. The molecule has 1 N–H and O–H groups in total. The Morgan fingerprint density at radius 3 is 2.78 bits per heavy atom. The Morgan fingerprint density at radius 2 is 2.22 bits per heavy atom. The van der Waals surface area contributed by atoms with E-state index in [-0.39, 0.29) is 24.5 Å². The molecule has 0 bridgehead atoms. The van der Waals surface area contributed by atoms with Crippen LogP contribution in [-0.2, 0) is 14.3 Å². The van der Waals surface area contributed by atoms with E-state index in [1.165, 1.54) is 6.92 Å². The van der Waals surface area contributed by atoms with Crippen LogP contribution in [0, 0.1) is 0 Å². The van der Waals surface area contributed by atoms with Crippen LogP contribution in [0.4, 0.5) is 0 Å². The summed E-state index contributed by atoms with van der Waals surface area (Å²) in [7, 11) is 0. The molecule has 1 aliphatic heterocycles. The quantitative estimate of drug-likeness (QED) is 0.737. The summed E-state index contributed by atoms with van der Waals surface area (Å²) >= 11 is 0. The summed E-state index contributed by atoms with van der Waals surface area (Å²) in [4.78, 5) is 24.7. The normalized spacial score (nSPS) is 18.7. The van der Waals surface area contributed by atoms with Gasteiger partial charge in [-0.2, -0.15) is 0 Å². The van der Waals surface area contributed by atoms with E-state index in [9.17, 15) is 9.59 Å². The highest BCUT2D eigenvalue weighted by molar-refractivity contribution is 5.83. The fourth-order valence-electron chi connectivity index (χ4n) is 1.96. The first-order valence-electron chi connectivity index (χ1n) is 6.77. The lowest BCUT2D eigenvalue weighted by Gasteiger charge is -2.20. The molecular formula is C13H24N2O3. The first kappa shape index (κ1) is 15.0.